The highest BCUT2D eigenvalue weighted by Gasteiger charge is 2.29. The largest absolute Gasteiger partial charge is 0.401 e. The Morgan fingerprint density at radius 1 is 1.17 bits per heavy atom. The van der Waals surface area contributed by atoms with Crippen LogP contribution < -0.4 is 0 Å². The maximum atomic E-state index is 12.4. The quantitative estimate of drug-likeness (QED) is 0.706. The Kier molecular flexibility index (Phi) is 8.52. The molecule has 2 amide bonds. The molecule has 0 unspecified atom stereocenters. The van der Waals surface area contributed by atoms with E-state index in [0.717, 1.165) is 30.6 Å². The Morgan fingerprint density at radius 2 is 1.83 bits per heavy atom. The molecule has 0 aliphatic carbocycles. The molecule has 0 radical (unpaired) electrons. The molecule has 0 spiro atoms. The fraction of sp³-hybridized carbons (Fsp3) is 0.875. The van der Waals surface area contributed by atoms with Crippen molar-refractivity contribution in [3.63, 3.8) is 0 Å². The molecule has 1 aliphatic rings. The van der Waals surface area contributed by atoms with E-state index < -0.39 is 12.7 Å². The topological polar surface area (TPSA) is 43.9 Å². The summed E-state index contributed by atoms with van der Waals surface area (Å²) in [6, 6.07) is 0. The first kappa shape index (κ1) is 20.7. The Bertz CT molecular complexity index is 416. The average molecular weight is 351 g/mol. The van der Waals surface area contributed by atoms with Crippen molar-refractivity contribution in [2.75, 3.05) is 46.3 Å². The number of nitrogens with zero attached hydrogens (tertiary/aromatic N) is 3. The number of carbonyl (C=O) groups is 2. The summed E-state index contributed by atoms with van der Waals surface area (Å²) in [4.78, 5) is 28.7. The van der Waals surface area contributed by atoms with Crippen LogP contribution >= 0.6 is 0 Å². The van der Waals surface area contributed by atoms with E-state index in [9.17, 15) is 22.8 Å². The van der Waals surface area contributed by atoms with Gasteiger partial charge in [0.05, 0.1) is 13.1 Å². The Balaban J connectivity index is 2.48. The number of halogens is 3. The van der Waals surface area contributed by atoms with E-state index in [2.05, 4.69) is 0 Å². The molecule has 1 saturated heterocycles. The lowest BCUT2D eigenvalue weighted by Gasteiger charge is -2.29. The summed E-state index contributed by atoms with van der Waals surface area (Å²) in [5, 5.41) is 0. The highest BCUT2D eigenvalue weighted by molar-refractivity contribution is 5.84. The van der Waals surface area contributed by atoms with Crippen LogP contribution in [0.2, 0.25) is 0 Å². The van der Waals surface area contributed by atoms with Gasteiger partial charge in [0, 0.05) is 32.6 Å². The predicted molar refractivity (Wildman–Crippen MR) is 85.5 cm³/mol. The Hall–Kier alpha value is -1.31. The minimum Gasteiger partial charge on any atom is -0.340 e. The van der Waals surface area contributed by atoms with Crippen LogP contribution in [0.25, 0.3) is 0 Å². The minimum absolute atomic E-state index is 0.00621. The smallest absolute Gasteiger partial charge is 0.340 e. The molecule has 1 fully saturated rings. The van der Waals surface area contributed by atoms with E-state index in [1.54, 1.807) is 11.8 Å². The molecular weight excluding hydrogens is 323 g/mol. The summed E-state index contributed by atoms with van der Waals surface area (Å²) < 4.78 is 37.0. The van der Waals surface area contributed by atoms with E-state index in [0.29, 0.717) is 19.5 Å². The summed E-state index contributed by atoms with van der Waals surface area (Å²) in [5.41, 5.74) is 0. The molecule has 0 aromatic rings. The molecule has 1 aliphatic heterocycles. The molecule has 0 bridgehead atoms. The van der Waals surface area contributed by atoms with Crippen molar-refractivity contribution >= 4 is 11.8 Å². The zero-order valence-electron chi connectivity index (χ0n) is 14.6. The highest BCUT2D eigenvalue weighted by Crippen LogP contribution is 2.15. The van der Waals surface area contributed by atoms with Crippen molar-refractivity contribution in [2.45, 2.75) is 45.2 Å². The first-order valence-electron chi connectivity index (χ1n) is 8.53. The van der Waals surface area contributed by atoms with Gasteiger partial charge in [-0.2, -0.15) is 13.2 Å². The fourth-order valence-corrected chi connectivity index (χ4v) is 2.78. The van der Waals surface area contributed by atoms with Gasteiger partial charge in [-0.3, -0.25) is 14.5 Å². The number of alkyl halides is 3. The lowest BCUT2D eigenvalue weighted by Crippen LogP contribution is -2.46. The third-order valence-corrected chi connectivity index (χ3v) is 4.18. The molecule has 140 valence electrons. The van der Waals surface area contributed by atoms with Gasteiger partial charge in [-0.25, -0.2) is 0 Å². The van der Waals surface area contributed by atoms with Crippen molar-refractivity contribution in [3.8, 4) is 0 Å². The van der Waals surface area contributed by atoms with Gasteiger partial charge in [0.2, 0.25) is 11.8 Å². The molecule has 5 nitrogen and oxygen atoms in total. The second-order valence-electron chi connectivity index (χ2n) is 6.31. The van der Waals surface area contributed by atoms with Gasteiger partial charge in [-0.1, -0.05) is 12.8 Å². The van der Waals surface area contributed by atoms with Gasteiger partial charge < -0.3 is 9.80 Å². The number of hydrogen-bond acceptors (Lipinski definition) is 3. The highest BCUT2D eigenvalue weighted by atomic mass is 19.4. The second-order valence-corrected chi connectivity index (χ2v) is 6.31. The summed E-state index contributed by atoms with van der Waals surface area (Å²) in [6.45, 7) is 2.18. The SMILES string of the molecule is CCN(CCN(C)CC(F)(F)F)C(=O)CN1CCCCCCC1=O. The summed E-state index contributed by atoms with van der Waals surface area (Å²) >= 11 is 0. The van der Waals surface area contributed by atoms with E-state index in [1.165, 1.54) is 11.9 Å². The standard InChI is InChI=1S/C16H28F3N3O2/c1-3-21(11-10-20(2)13-16(17,18)19)15(24)12-22-9-7-5-4-6-8-14(22)23/h3-13H2,1-2H3. The van der Waals surface area contributed by atoms with Gasteiger partial charge in [-0.05, 0) is 26.8 Å². The van der Waals surface area contributed by atoms with Gasteiger partial charge >= 0.3 is 6.18 Å². The third-order valence-electron chi connectivity index (χ3n) is 4.18. The van der Waals surface area contributed by atoms with Crippen molar-refractivity contribution in [3.05, 3.63) is 0 Å². The number of likely N-dealkylation sites (N-methyl/N-ethyl adjacent to an activating group) is 2. The van der Waals surface area contributed by atoms with Gasteiger partial charge in [0.15, 0.2) is 0 Å². The molecule has 24 heavy (non-hydrogen) atoms. The molecular formula is C16H28F3N3O2. The number of carbonyl (C=O) groups excluding carboxylic acids is 2. The van der Waals surface area contributed by atoms with Crippen molar-refractivity contribution in [2.24, 2.45) is 0 Å². The van der Waals surface area contributed by atoms with Crippen LogP contribution in [0.1, 0.15) is 39.0 Å². The van der Waals surface area contributed by atoms with Crippen LogP contribution in [0.15, 0.2) is 0 Å². The normalized spacial score (nSPS) is 16.9. The molecule has 1 rings (SSSR count). The molecule has 8 heteroatoms. The maximum absolute atomic E-state index is 12.4. The van der Waals surface area contributed by atoms with Crippen LogP contribution in [-0.2, 0) is 9.59 Å². The average Bonchev–Trinajstić information content (AvgIpc) is 2.45. The first-order chi connectivity index (χ1) is 11.2. The summed E-state index contributed by atoms with van der Waals surface area (Å²) in [6.07, 6.45) is 0.0566. The van der Waals surface area contributed by atoms with Crippen molar-refractivity contribution in [1.82, 2.24) is 14.7 Å². The van der Waals surface area contributed by atoms with Crippen LogP contribution in [0, 0.1) is 0 Å². The minimum atomic E-state index is -4.24. The first-order valence-corrected chi connectivity index (χ1v) is 8.53. The van der Waals surface area contributed by atoms with Crippen LogP contribution in [0.4, 0.5) is 13.2 Å². The van der Waals surface area contributed by atoms with Crippen LogP contribution in [0.3, 0.4) is 0 Å². The zero-order valence-corrected chi connectivity index (χ0v) is 14.6. The molecule has 0 aromatic carbocycles. The summed E-state index contributed by atoms with van der Waals surface area (Å²) in [5.74, 6) is -0.208. The number of rotatable bonds is 7. The molecule has 0 N–H and O–H groups in total. The predicted octanol–water partition coefficient (Wildman–Crippen LogP) is 2.12. The Labute approximate surface area is 141 Å². The number of likely N-dealkylation sites (tertiary alicyclic amines) is 1. The number of amides is 2. The maximum Gasteiger partial charge on any atom is 0.401 e. The third kappa shape index (κ3) is 7.99. The second kappa shape index (κ2) is 9.86. The van der Waals surface area contributed by atoms with E-state index in [-0.39, 0.29) is 31.4 Å². The molecule has 0 aromatic heterocycles. The van der Waals surface area contributed by atoms with E-state index >= 15 is 0 Å². The van der Waals surface area contributed by atoms with E-state index in [4.69, 9.17) is 0 Å². The van der Waals surface area contributed by atoms with Gasteiger partial charge in [-0.15, -0.1) is 0 Å². The molecule has 0 saturated carbocycles. The monoisotopic (exact) mass is 351 g/mol. The van der Waals surface area contributed by atoms with E-state index in [1.807, 2.05) is 0 Å². The zero-order chi connectivity index (χ0) is 18.2. The van der Waals surface area contributed by atoms with Crippen molar-refractivity contribution in [1.29, 1.82) is 0 Å². The van der Waals surface area contributed by atoms with Gasteiger partial charge in [0.1, 0.15) is 0 Å². The van der Waals surface area contributed by atoms with Gasteiger partial charge in [0.25, 0.3) is 0 Å². The molecule has 1 heterocycles. The summed E-state index contributed by atoms with van der Waals surface area (Å²) in [7, 11) is 1.38. The Morgan fingerprint density at radius 3 is 2.46 bits per heavy atom. The van der Waals surface area contributed by atoms with Crippen LogP contribution in [-0.4, -0.2) is 79.0 Å². The lowest BCUT2D eigenvalue weighted by molar-refractivity contribution is -0.145. The fourth-order valence-electron chi connectivity index (χ4n) is 2.78. The van der Waals surface area contributed by atoms with Crippen molar-refractivity contribution < 1.29 is 22.8 Å². The number of hydrogen-bond donors (Lipinski definition) is 0. The van der Waals surface area contributed by atoms with Crippen LogP contribution in [0.5, 0.6) is 0 Å². The molecule has 0 atom stereocenters. The lowest BCUT2D eigenvalue weighted by atomic mass is 10.1.